The third-order valence-corrected chi connectivity index (χ3v) is 4.17. The Balaban J connectivity index is 2.34. The Morgan fingerprint density at radius 1 is 1.33 bits per heavy atom. The summed E-state index contributed by atoms with van der Waals surface area (Å²) in [5, 5.41) is 0. The molecule has 3 heteroatoms. The van der Waals surface area contributed by atoms with E-state index in [4.69, 9.17) is 5.73 Å². The number of hydrogen-bond acceptors (Lipinski definition) is 2. The molecule has 1 aromatic carbocycles. The van der Waals surface area contributed by atoms with Crippen LogP contribution in [0, 0.1) is 17.7 Å². The average Bonchev–Trinajstić information content (AvgIpc) is 2.34. The van der Waals surface area contributed by atoms with Gasteiger partial charge in [0.25, 0.3) is 0 Å². The summed E-state index contributed by atoms with van der Waals surface area (Å²) in [4.78, 5) is 2.39. The molecule has 3 unspecified atom stereocenters. The second-order valence-corrected chi connectivity index (χ2v) is 5.69. The first-order valence-electron chi connectivity index (χ1n) is 6.78. The van der Waals surface area contributed by atoms with E-state index in [2.05, 4.69) is 25.7 Å². The van der Waals surface area contributed by atoms with Gasteiger partial charge in [-0.2, -0.15) is 0 Å². The van der Waals surface area contributed by atoms with Crippen LogP contribution < -0.4 is 10.6 Å². The minimum absolute atomic E-state index is 0.204. The molecule has 0 saturated carbocycles. The number of anilines is 1. The molecule has 100 valence electrons. The smallest absolute Gasteiger partial charge is 0.123 e. The van der Waals surface area contributed by atoms with Gasteiger partial charge in [-0.05, 0) is 48.9 Å². The summed E-state index contributed by atoms with van der Waals surface area (Å²) in [6, 6.07) is 5.45. The van der Waals surface area contributed by atoms with Crippen LogP contribution in [0.25, 0.3) is 0 Å². The fraction of sp³-hybridized carbons (Fsp3) is 0.600. The lowest BCUT2D eigenvalue weighted by atomic mass is 9.85. The van der Waals surface area contributed by atoms with Gasteiger partial charge in [-0.1, -0.05) is 13.8 Å². The van der Waals surface area contributed by atoms with Crippen molar-refractivity contribution in [3.63, 3.8) is 0 Å². The second-order valence-electron chi connectivity index (χ2n) is 5.69. The standard InChI is InChI=1S/C15H23FN2/c1-10-6-11(2)12(3)18(9-10)15-5-4-14(16)7-13(15)8-17/h4-5,7,10-12H,6,8-9,17H2,1-3H3. The Labute approximate surface area is 109 Å². The first-order chi connectivity index (χ1) is 8.52. The van der Waals surface area contributed by atoms with Gasteiger partial charge in [0.05, 0.1) is 0 Å². The van der Waals surface area contributed by atoms with Crippen LogP contribution >= 0.6 is 0 Å². The second kappa shape index (κ2) is 5.27. The van der Waals surface area contributed by atoms with E-state index < -0.39 is 0 Å². The molecule has 0 spiro atoms. The number of rotatable bonds is 2. The number of hydrogen-bond donors (Lipinski definition) is 1. The Morgan fingerprint density at radius 2 is 2.06 bits per heavy atom. The molecular weight excluding hydrogens is 227 g/mol. The minimum atomic E-state index is -0.204. The maximum Gasteiger partial charge on any atom is 0.123 e. The Bertz CT molecular complexity index is 419. The normalized spacial score (nSPS) is 28.5. The fourth-order valence-corrected chi connectivity index (χ4v) is 3.03. The average molecular weight is 250 g/mol. The zero-order chi connectivity index (χ0) is 13.3. The number of nitrogens with two attached hydrogens (primary N) is 1. The molecular formula is C15H23FN2. The molecule has 2 N–H and O–H groups in total. The molecule has 3 atom stereocenters. The van der Waals surface area contributed by atoms with E-state index in [1.54, 1.807) is 6.07 Å². The van der Waals surface area contributed by atoms with Crippen LogP contribution in [-0.4, -0.2) is 12.6 Å². The summed E-state index contributed by atoms with van der Waals surface area (Å²) in [5.41, 5.74) is 7.75. The summed E-state index contributed by atoms with van der Waals surface area (Å²) >= 11 is 0. The van der Waals surface area contributed by atoms with Gasteiger partial charge < -0.3 is 10.6 Å². The Kier molecular flexibility index (Phi) is 3.91. The summed E-state index contributed by atoms with van der Waals surface area (Å²) in [7, 11) is 0. The lowest BCUT2D eigenvalue weighted by Crippen LogP contribution is -2.46. The van der Waals surface area contributed by atoms with Gasteiger partial charge in [0, 0.05) is 24.8 Å². The molecule has 0 aromatic heterocycles. The summed E-state index contributed by atoms with van der Waals surface area (Å²) in [6.45, 7) is 8.24. The topological polar surface area (TPSA) is 29.3 Å². The van der Waals surface area contributed by atoms with Crippen molar-refractivity contribution in [2.45, 2.75) is 39.8 Å². The zero-order valence-corrected chi connectivity index (χ0v) is 11.5. The molecule has 2 rings (SSSR count). The van der Waals surface area contributed by atoms with Crippen molar-refractivity contribution in [2.75, 3.05) is 11.4 Å². The van der Waals surface area contributed by atoms with Crippen LogP contribution in [0.3, 0.4) is 0 Å². The van der Waals surface area contributed by atoms with Gasteiger partial charge in [-0.15, -0.1) is 0 Å². The lowest BCUT2D eigenvalue weighted by Gasteiger charge is -2.43. The summed E-state index contributed by atoms with van der Waals surface area (Å²) in [6.07, 6.45) is 1.26. The highest BCUT2D eigenvalue weighted by molar-refractivity contribution is 5.55. The zero-order valence-electron chi connectivity index (χ0n) is 11.5. The Hall–Kier alpha value is -1.09. The van der Waals surface area contributed by atoms with Gasteiger partial charge in [-0.25, -0.2) is 4.39 Å². The van der Waals surface area contributed by atoms with E-state index in [1.165, 1.54) is 12.5 Å². The molecule has 0 amide bonds. The van der Waals surface area contributed by atoms with Crippen LogP contribution in [0.2, 0.25) is 0 Å². The largest absolute Gasteiger partial charge is 0.368 e. The fourth-order valence-electron chi connectivity index (χ4n) is 3.03. The number of benzene rings is 1. The van der Waals surface area contributed by atoms with E-state index in [1.807, 2.05) is 6.07 Å². The Morgan fingerprint density at radius 3 is 2.72 bits per heavy atom. The number of halogens is 1. The molecule has 1 aromatic rings. The first-order valence-corrected chi connectivity index (χ1v) is 6.78. The molecule has 1 fully saturated rings. The third-order valence-electron chi connectivity index (χ3n) is 4.17. The molecule has 0 bridgehead atoms. The van der Waals surface area contributed by atoms with E-state index in [9.17, 15) is 4.39 Å². The molecule has 1 heterocycles. The molecule has 18 heavy (non-hydrogen) atoms. The highest BCUT2D eigenvalue weighted by atomic mass is 19.1. The van der Waals surface area contributed by atoms with Crippen LogP contribution in [-0.2, 0) is 6.54 Å². The van der Waals surface area contributed by atoms with E-state index in [0.29, 0.717) is 24.4 Å². The van der Waals surface area contributed by atoms with E-state index in [0.717, 1.165) is 17.8 Å². The van der Waals surface area contributed by atoms with Gasteiger partial charge in [-0.3, -0.25) is 0 Å². The van der Waals surface area contributed by atoms with Gasteiger partial charge in [0.1, 0.15) is 5.82 Å². The van der Waals surface area contributed by atoms with Crippen molar-refractivity contribution in [1.29, 1.82) is 0 Å². The lowest BCUT2D eigenvalue weighted by molar-refractivity contribution is 0.296. The number of piperidine rings is 1. The highest BCUT2D eigenvalue weighted by Gasteiger charge is 2.29. The maximum atomic E-state index is 13.3. The molecule has 1 aliphatic rings. The van der Waals surface area contributed by atoms with E-state index in [-0.39, 0.29) is 5.82 Å². The first kappa shape index (κ1) is 13.3. The van der Waals surface area contributed by atoms with Crippen molar-refractivity contribution in [2.24, 2.45) is 17.6 Å². The predicted molar refractivity (Wildman–Crippen MR) is 74.0 cm³/mol. The molecule has 2 nitrogen and oxygen atoms in total. The van der Waals surface area contributed by atoms with Crippen molar-refractivity contribution in [1.82, 2.24) is 0 Å². The van der Waals surface area contributed by atoms with Crippen molar-refractivity contribution in [3.8, 4) is 0 Å². The monoisotopic (exact) mass is 250 g/mol. The van der Waals surface area contributed by atoms with E-state index >= 15 is 0 Å². The minimum Gasteiger partial charge on any atom is -0.368 e. The highest BCUT2D eigenvalue weighted by Crippen LogP contribution is 2.33. The molecule has 1 saturated heterocycles. The van der Waals surface area contributed by atoms with Gasteiger partial charge >= 0.3 is 0 Å². The summed E-state index contributed by atoms with van der Waals surface area (Å²) in [5.74, 6) is 1.13. The van der Waals surface area contributed by atoms with Gasteiger partial charge in [0.2, 0.25) is 0 Å². The van der Waals surface area contributed by atoms with Crippen LogP contribution in [0.1, 0.15) is 32.8 Å². The molecule has 1 aliphatic heterocycles. The third kappa shape index (κ3) is 2.51. The van der Waals surface area contributed by atoms with Gasteiger partial charge in [0.15, 0.2) is 0 Å². The van der Waals surface area contributed by atoms with Crippen molar-refractivity contribution >= 4 is 5.69 Å². The van der Waals surface area contributed by atoms with Crippen LogP contribution in [0.5, 0.6) is 0 Å². The van der Waals surface area contributed by atoms with Crippen molar-refractivity contribution in [3.05, 3.63) is 29.6 Å². The van der Waals surface area contributed by atoms with Crippen LogP contribution in [0.4, 0.5) is 10.1 Å². The van der Waals surface area contributed by atoms with Crippen molar-refractivity contribution < 1.29 is 4.39 Å². The quantitative estimate of drug-likeness (QED) is 0.873. The predicted octanol–water partition coefficient (Wildman–Crippen LogP) is 3.16. The van der Waals surface area contributed by atoms with Crippen LogP contribution in [0.15, 0.2) is 18.2 Å². The summed E-state index contributed by atoms with van der Waals surface area (Å²) < 4.78 is 13.3. The molecule has 0 aliphatic carbocycles. The number of nitrogens with zero attached hydrogens (tertiary/aromatic N) is 1. The molecule has 0 radical (unpaired) electrons. The SMILES string of the molecule is CC1CC(C)C(C)N(c2ccc(F)cc2CN)C1. The maximum absolute atomic E-state index is 13.3.